The van der Waals surface area contributed by atoms with E-state index in [1.165, 1.54) is 0 Å². The normalized spacial score (nSPS) is 19.3. The van der Waals surface area contributed by atoms with Crippen LogP contribution >= 0.6 is 0 Å². The van der Waals surface area contributed by atoms with E-state index < -0.39 is 0 Å². The second-order valence-corrected chi connectivity index (χ2v) is 8.92. The second kappa shape index (κ2) is 10.1. The lowest BCUT2D eigenvalue weighted by Gasteiger charge is -2.30. The highest BCUT2D eigenvalue weighted by Crippen LogP contribution is 2.36. The fourth-order valence-corrected chi connectivity index (χ4v) is 4.59. The van der Waals surface area contributed by atoms with E-state index >= 15 is 0 Å². The highest BCUT2D eigenvalue weighted by atomic mass is 16.5. The summed E-state index contributed by atoms with van der Waals surface area (Å²) in [6, 6.07) is 14.8. The van der Waals surface area contributed by atoms with Crippen molar-refractivity contribution in [3.8, 4) is 22.9 Å². The molecule has 0 spiro atoms. The van der Waals surface area contributed by atoms with Crippen LogP contribution in [0, 0.1) is 5.92 Å². The van der Waals surface area contributed by atoms with Crippen LogP contribution in [0.25, 0.3) is 11.3 Å². The average Bonchev–Trinajstić information content (AvgIpc) is 2.89. The number of para-hydroxylation sites is 1. The molecule has 2 amide bonds. The average molecular weight is 473 g/mol. The highest BCUT2D eigenvalue weighted by molar-refractivity contribution is 6.03. The predicted octanol–water partition coefficient (Wildman–Crippen LogP) is 5.10. The number of amides is 2. The molecular formula is C27H28N4O4. The number of hydrogen-bond donors (Lipinski definition) is 1. The number of nitrogens with one attached hydrogen (secondary N) is 1. The zero-order chi connectivity index (χ0) is 24.2. The van der Waals surface area contributed by atoms with Crippen molar-refractivity contribution in [2.75, 3.05) is 23.4 Å². The first-order chi connectivity index (χ1) is 17.1. The van der Waals surface area contributed by atoms with Crippen molar-refractivity contribution in [1.29, 1.82) is 0 Å². The van der Waals surface area contributed by atoms with Gasteiger partial charge in [-0.05, 0) is 56.9 Å². The van der Waals surface area contributed by atoms with Crippen molar-refractivity contribution in [1.82, 2.24) is 9.97 Å². The van der Waals surface area contributed by atoms with Crippen molar-refractivity contribution in [3.63, 3.8) is 0 Å². The van der Waals surface area contributed by atoms with Crippen LogP contribution in [0.3, 0.4) is 0 Å². The number of urea groups is 1. The molecule has 8 nitrogen and oxygen atoms in total. The van der Waals surface area contributed by atoms with Crippen molar-refractivity contribution in [3.05, 3.63) is 60.9 Å². The van der Waals surface area contributed by atoms with E-state index in [1.807, 2.05) is 48.5 Å². The number of hydrogen-bond acceptors (Lipinski definition) is 6. The number of aromatic nitrogens is 2. The molecule has 1 fully saturated rings. The first-order valence-corrected chi connectivity index (χ1v) is 12.0. The Morgan fingerprint density at radius 2 is 1.83 bits per heavy atom. The molecule has 2 heterocycles. The minimum Gasteiger partial charge on any atom is -0.490 e. The number of fused-ring (bicyclic) bond motifs is 1. The van der Waals surface area contributed by atoms with Crippen LogP contribution in [0.1, 0.15) is 32.6 Å². The van der Waals surface area contributed by atoms with Gasteiger partial charge in [-0.3, -0.25) is 9.69 Å². The zero-order valence-corrected chi connectivity index (χ0v) is 19.6. The van der Waals surface area contributed by atoms with Gasteiger partial charge in [0.15, 0.2) is 0 Å². The number of ketones is 1. The molecule has 5 rings (SSSR count). The smallest absolute Gasteiger partial charge is 0.326 e. The summed E-state index contributed by atoms with van der Waals surface area (Å²) in [7, 11) is 0. The van der Waals surface area contributed by atoms with Gasteiger partial charge in [-0.1, -0.05) is 24.3 Å². The topological polar surface area (TPSA) is 93.7 Å². The Morgan fingerprint density at radius 3 is 2.54 bits per heavy atom. The zero-order valence-electron chi connectivity index (χ0n) is 19.6. The summed E-state index contributed by atoms with van der Waals surface area (Å²) in [6.45, 7) is 2.53. The maximum Gasteiger partial charge on any atom is 0.326 e. The molecule has 35 heavy (non-hydrogen) atoms. The minimum absolute atomic E-state index is 0.0657. The molecule has 1 N–H and O–H groups in total. The Balaban J connectivity index is 1.25. The van der Waals surface area contributed by atoms with Crippen LogP contribution in [0.5, 0.6) is 11.6 Å². The van der Waals surface area contributed by atoms with Crippen LogP contribution in [-0.2, 0) is 4.79 Å². The third-order valence-electron chi connectivity index (χ3n) is 6.55. The van der Waals surface area contributed by atoms with E-state index in [4.69, 9.17) is 9.47 Å². The predicted molar refractivity (Wildman–Crippen MR) is 133 cm³/mol. The van der Waals surface area contributed by atoms with Crippen molar-refractivity contribution >= 4 is 23.2 Å². The van der Waals surface area contributed by atoms with Crippen LogP contribution in [-0.4, -0.2) is 41.0 Å². The van der Waals surface area contributed by atoms with Gasteiger partial charge in [0.2, 0.25) is 5.88 Å². The quantitative estimate of drug-likeness (QED) is 0.555. The molecular weight excluding hydrogens is 444 g/mol. The standard InChI is InChI=1S/C27H28N4O4/c1-18(32)19-7-10-22(11-8-19)35-26-17-28-23(16-29-26)20-9-12-24-25(15-20)34-14-13-31(24)27(33)30-21-5-3-2-4-6-21/h2-6,9,12,15-17,19,22H,7-8,10-11,13-14H2,1H3,(H,30,33). The Morgan fingerprint density at radius 1 is 1.03 bits per heavy atom. The van der Waals surface area contributed by atoms with Crippen LogP contribution in [0.2, 0.25) is 0 Å². The van der Waals surface area contributed by atoms with Gasteiger partial charge >= 0.3 is 6.03 Å². The Bertz CT molecular complexity index is 1190. The van der Waals surface area contributed by atoms with Gasteiger partial charge in [0, 0.05) is 17.2 Å². The van der Waals surface area contributed by atoms with Gasteiger partial charge in [0.05, 0.1) is 30.3 Å². The Labute approximate surface area is 204 Å². The fraction of sp³-hybridized carbons (Fsp3) is 0.333. The van der Waals surface area contributed by atoms with Gasteiger partial charge in [-0.15, -0.1) is 0 Å². The maximum absolute atomic E-state index is 12.8. The molecule has 2 aromatic carbocycles. The molecule has 1 aliphatic carbocycles. The van der Waals surface area contributed by atoms with E-state index in [0.717, 1.165) is 36.9 Å². The first-order valence-electron chi connectivity index (χ1n) is 12.0. The summed E-state index contributed by atoms with van der Waals surface area (Å²) in [5.74, 6) is 1.54. The van der Waals surface area contributed by atoms with E-state index in [1.54, 1.807) is 24.2 Å². The molecule has 1 aliphatic heterocycles. The molecule has 0 bridgehead atoms. The van der Waals surface area contributed by atoms with Gasteiger partial charge in [-0.25, -0.2) is 14.8 Å². The first kappa shape index (κ1) is 22.8. The van der Waals surface area contributed by atoms with Crippen molar-refractivity contribution < 1.29 is 19.1 Å². The van der Waals surface area contributed by atoms with Crippen LogP contribution < -0.4 is 19.7 Å². The summed E-state index contributed by atoms with van der Waals surface area (Å²) >= 11 is 0. The fourth-order valence-electron chi connectivity index (χ4n) is 4.59. The summed E-state index contributed by atoms with van der Waals surface area (Å²) in [5, 5.41) is 2.92. The number of nitrogens with zero attached hydrogens (tertiary/aromatic N) is 3. The molecule has 0 radical (unpaired) electrons. The molecule has 0 unspecified atom stereocenters. The number of ether oxygens (including phenoxy) is 2. The summed E-state index contributed by atoms with van der Waals surface area (Å²) < 4.78 is 11.8. The summed E-state index contributed by atoms with van der Waals surface area (Å²) in [5.41, 5.74) is 2.99. The van der Waals surface area contributed by atoms with Gasteiger partial charge in [-0.2, -0.15) is 0 Å². The van der Waals surface area contributed by atoms with Gasteiger partial charge in [0.25, 0.3) is 0 Å². The van der Waals surface area contributed by atoms with E-state index in [0.29, 0.717) is 36.2 Å². The molecule has 2 aliphatic rings. The molecule has 1 saturated carbocycles. The number of benzene rings is 2. The summed E-state index contributed by atoms with van der Waals surface area (Å²) in [6.07, 6.45) is 6.81. The Hall–Kier alpha value is -3.94. The lowest BCUT2D eigenvalue weighted by Crippen LogP contribution is -2.40. The SMILES string of the molecule is CC(=O)C1CCC(Oc2cnc(-c3ccc4c(c3)OCCN4C(=O)Nc3ccccc3)cn2)CC1. The van der Waals surface area contributed by atoms with E-state index in [2.05, 4.69) is 15.3 Å². The molecule has 0 atom stereocenters. The lowest BCUT2D eigenvalue weighted by atomic mass is 9.85. The number of rotatable bonds is 5. The van der Waals surface area contributed by atoms with Crippen LogP contribution in [0.4, 0.5) is 16.2 Å². The monoisotopic (exact) mass is 472 g/mol. The number of anilines is 2. The van der Waals surface area contributed by atoms with Gasteiger partial charge < -0.3 is 14.8 Å². The maximum atomic E-state index is 12.8. The third-order valence-corrected chi connectivity index (χ3v) is 6.55. The molecule has 3 aromatic rings. The lowest BCUT2D eigenvalue weighted by molar-refractivity contribution is -0.122. The second-order valence-electron chi connectivity index (χ2n) is 8.92. The number of carbonyl (C=O) groups is 2. The highest BCUT2D eigenvalue weighted by Gasteiger charge is 2.26. The Kier molecular flexibility index (Phi) is 6.61. The number of carbonyl (C=O) groups excluding carboxylic acids is 2. The molecule has 180 valence electrons. The summed E-state index contributed by atoms with van der Waals surface area (Å²) in [4.78, 5) is 35.0. The van der Waals surface area contributed by atoms with E-state index in [-0.39, 0.29) is 23.8 Å². The van der Waals surface area contributed by atoms with Crippen molar-refractivity contribution in [2.45, 2.75) is 38.7 Å². The van der Waals surface area contributed by atoms with Crippen molar-refractivity contribution in [2.24, 2.45) is 5.92 Å². The van der Waals surface area contributed by atoms with Crippen LogP contribution in [0.15, 0.2) is 60.9 Å². The third kappa shape index (κ3) is 5.26. The molecule has 1 aromatic heterocycles. The number of Topliss-reactive ketones (excluding diaryl/α,β-unsaturated/α-hetero) is 1. The largest absolute Gasteiger partial charge is 0.490 e. The molecule has 0 saturated heterocycles. The minimum atomic E-state index is -0.202. The van der Waals surface area contributed by atoms with Gasteiger partial charge in [0.1, 0.15) is 24.2 Å². The van der Waals surface area contributed by atoms with E-state index in [9.17, 15) is 9.59 Å². The molecule has 8 heteroatoms.